The molecule has 1 rings (SSSR count). The lowest BCUT2D eigenvalue weighted by atomic mass is 10.0. The Hall–Kier alpha value is -2.11. The van der Waals surface area contributed by atoms with Gasteiger partial charge in [-0.2, -0.15) is 0 Å². The third kappa shape index (κ3) is 5.37. The van der Waals surface area contributed by atoms with E-state index >= 15 is 0 Å². The maximum atomic E-state index is 11.7. The highest BCUT2D eigenvalue weighted by molar-refractivity contribution is 5.93. The summed E-state index contributed by atoms with van der Waals surface area (Å²) in [6.45, 7) is 2.36. The summed E-state index contributed by atoms with van der Waals surface area (Å²) in [5, 5.41) is 11.2. The zero-order chi connectivity index (χ0) is 14.3. The Morgan fingerprint density at radius 3 is 2.79 bits per heavy atom. The van der Waals surface area contributed by atoms with Crippen LogP contribution in [0.1, 0.15) is 36.5 Å². The fourth-order valence-electron chi connectivity index (χ4n) is 1.64. The van der Waals surface area contributed by atoms with Gasteiger partial charge >= 0.3 is 5.97 Å². The molecule has 1 heterocycles. The van der Waals surface area contributed by atoms with Gasteiger partial charge in [0, 0.05) is 19.2 Å². The maximum absolute atomic E-state index is 11.7. The molecule has 0 bridgehead atoms. The smallest absolute Gasteiger partial charge is 0.303 e. The van der Waals surface area contributed by atoms with Crippen molar-refractivity contribution in [3.63, 3.8) is 0 Å². The molecule has 0 fully saturated rings. The summed E-state index contributed by atoms with van der Waals surface area (Å²) in [6, 6.07) is 3.05. The normalized spacial score (nSPS) is 11.8. The molecule has 0 aliphatic heterocycles. The Kier molecular flexibility index (Phi) is 5.78. The first-order valence-electron chi connectivity index (χ1n) is 6.18. The lowest BCUT2D eigenvalue weighted by molar-refractivity contribution is -0.137. The predicted molar refractivity (Wildman–Crippen MR) is 70.0 cm³/mol. The third-order valence-electron chi connectivity index (χ3n) is 2.84. The quantitative estimate of drug-likeness (QED) is 0.685. The van der Waals surface area contributed by atoms with E-state index in [1.165, 1.54) is 12.3 Å². The zero-order valence-corrected chi connectivity index (χ0v) is 10.8. The third-order valence-corrected chi connectivity index (χ3v) is 2.84. The Labute approximate surface area is 110 Å². The predicted octanol–water partition coefficient (Wildman–Crippen LogP) is 0.996. The topological polar surface area (TPSA) is 99.3 Å². The van der Waals surface area contributed by atoms with Crippen LogP contribution in [-0.2, 0) is 4.79 Å². The summed E-state index contributed by atoms with van der Waals surface area (Å²) in [4.78, 5) is 35.9. The minimum atomic E-state index is -0.813. The van der Waals surface area contributed by atoms with E-state index in [0.717, 1.165) is 0 Å². The van der Waals surface area contributed by atoms with Crippen molar-refractivity contribution in [1.82, 2.24) is 10.3 Å². The van der Waals surface area contributed by atoms with E-state index in [0.29, 0.717) is 19.4 Å². The number of carboxylic acid groups (broad SMARTS) is 1. The van der Waals surface area contributed by atoms with Crippen molar-refractivity contribution in [2.45, 2.75) is 26.2 Å². The van der Waals surface area contributed by atoms with Gasteiger partial charge in [-0.3, -0.25) is 14.4 Å². The summed E-state index contributed by atoms with van der Waals surface area (Å²) in [6.07, 6.45) is 2.86. The Bertz CT molecular complexity index is 495. The van der Waals surface area contributed by atoms with Gasteiger partial charge in [-0.05, 0) is 30.9 Å². The zero-order valence-electron chi connectivity index (χ0n) is 10.8. The van der Waals surface area contributed by atoms with E-state index in [-0.39, 0.29) is 17.9 Å². The lowest BCUT2D eigenvalue weighted by Crippen LogP contribution is -2.30. The van der Waals surface area contributed by atoms with E-state index in [9.17, 15) is 14.4 Å². The van der Waals surface area contributed by atoms with Crippen molar-refractivity contribution in [2.24, 2.45) is 5.92 Å². The number of aromatic amines is 1. The van der Waals surface area contributed by atoms with Gasteiger partial charge in [0.15, 0.2) is 0 Å². The maximum Gasteiger partial charge on any atom is 0.303 e. The molecule has 0 saturated carbocycles. The largest absolute Gasteiger partial charge is 0.481 e. The van der Waals surface area contributed by atoms with Gasteiger partial charge in [-0.15, -0.1) is 0 Å². The van der Waals surface area contributed by atoms with E-state index < -0.39 is 17.4 Å². The Morgan fingerprint density at radius 1 is 1.42 bits per heavy atom. The van der Waals surface area contributed by atoms with Crippen LogP contribution in [0.2, 0.25) is 0 Å². The SMILES string of the molecule is CC(CCNC(=O)c1ccc[nH]c1=O)CCC(=O)O. The molecule has 0 saturated heterocycles. The molecule has 1 aromatic heterocycles. The fraction of sp³-hybridized carbons (Fsp3) is 0.462. The summed E-state index contributed by atoms with van der Waals surface area (Å²) in [7, 11) is 0. The molecule has 0 aliphatic carbocycles. The first-order chi connectivity index (χ1) is 9.00. The molecule has 1 amide bonds. The van der Waals surface area contributed by atoms with Crippen molar-refractivity contribution in [3.05, 3.63) is 34.2 Å². The minimum Gasteiger partial charge on any atom is -0.481 e. The average molecular weight is 266 g/mol. The molecule has 6 nitrogen and oxygen atoms in total. The van der Waals surface area contributed by atoms with E-state index in [2.05, 4.69) is 10.3 Å². The van der Waals surface area contributed by atoms with Crippen LogP contribution in [0.15, 0.2) is 23.1 Å². The number of rotatable bonds is 7. The second-order valence-electron chi connectivity index (χ2n) is 4.50. The number of amides is 1. The van der Waals surface area contributed by atoms with Crippen LogP contribution in [-0.4, -0.2) is 28.5 Å². The van der Waals surface area contributed by atoms with E-state index in [1.54, 1.807) is 6.07 Å². The molecule has 104 valence electrons. The van der Waals surface area contributed by atoms with Gasteiger partial charge in [0.25, 0.3) is 11.5 Å². The number of aromatic nitrogens is 1. The van der Waals surface area contributed by atoms with Crippen molar-refractivity contribution >= 4 is 11.9 Å². The number of aliphatic carboxylic acids is 1. The van der Waals surface area contributed by atoms with Crippen molar-refractivity contribution in [1.29, 1.82) is 0 Å². The molecule has 1 atom stereocenters. The van der Waals surface area contributed by atoms with Crippen LogP contribution in [0.5, 0.6) is 0 Å². The summed E-state index contributed by atoms with van der Waals surface area (Å²) in [5.74, 6) is -1.01. The molecule has 0 radical (unpaired) electrons. The molecular formula is C13H18N2O4. The molecule has 0 spiro atoms. The van der Waals surface area contributed by atoms with Crippen molar-refractivity contribution in [3.8, 4) is 0 Å². The van der Waals surface area contributed by atoms with Gasteiger partial charge in [0.1, 0.15) is 5.56 Å². The van der Waals surface area contributed by atoms with Crippen LogP contribution in [0, 0.1) is 5.92 Å². The number of hydrogen-bond acceptors (Lipinski definition) is 3. The number of carboxylic acids is 1. The molecule has 3 N–H and O–H groups in total. The van der Waals surface area contributed by atoms with Crippen LogP contribution in [0.3, 0.4) is 0 Å². The number of pyridine rings is 1. The minimum absolute atomic E-state index is 0.0840. The van der Waals surface area contributed by atoms with Gasteiger partial charge in [0.05, 0.1) is 0 Å². The highest BCUT2D eigenvalue weighted by Gasteiger charge is 2.10. The van der Waals surface area contributed by atoms with E-state index in [4.69, 9.17) is 5.11 Å². The van der Waals surface area contributed by atoms with Crippen LogP contribution >= 0.6 is 0 Å². The molecule has 19 heavy (non-hydrogen) atoms. The molecule has 1 unspecified atom stereocenters. The van der Waals surface area contributed by atoms with Gasteiger partial charge in [0.2, 0.25) is 0 Å². The Morgan fingerprint density at radius 2 is 2.16 bits per heavy atom. The van der Waals surface area contributed by atoms with E-state index in [1.807, 2.05) is 6.92 Å². The number of H-pyrrole nitrogens is 1. The van der Waals surface area contributed by atoms with Crippen molar-refractivity contribution in [2.75, 3.05) is 6.54 Å². The second kappa shape index (κ2) is 7.35. The van der Waals surface area contributed by atoms with Crippen LogP contribution in [0.4, 0.5) is 0 Å². The molecular weight excluding hydrogens is 248 g/mol. The van der Waals surface area contributed by atoms with Gasteiger partial charge in [-0.1, -0.05) is 6.92 Å². The highest BCUT2D eigenvalue weighted by Crippen LogP contribution is 2.09. The lowest BCUT2D eigenvalue weighted by Gasteiger charge is -2.10. The molecule has 6 heteroatoms. The highest BCUT2D eigenvalue weighted by atomic mass is 16.4. The summed E-state index contributed by atoms with van der Waals surface area (Å²) in [5.41, 5.74) is -0.334. The average Bonchev–Trinajstić information content (AvgIpc) is 2.36. The molecule has 0 aliphatic rings. The van der Waals surface area contributed by atoms with Gasteiger partial charge in [-0.25, -0.2) is 0 Å². The fourth-order valence-corrected chi connectivity index (χ4v) is 1.64. The molecule has 1 aromatic rings. The number of carbonyl (C=O) groups is 2. The number of nitrogens with one attached hydrogen (secondary N) is 2. The Balaban J connectivity index is 2.33. The number of carbonyl (C=O) groups excluding carboxylic acids is 1. The standard InChI is InChI=1S/C13H18N2O4/c1-9(4-5-11(16)17)6-8-15-13(19)10-3-2-7-14-12(10)18/h2-3,7,9H,4-6,8H2,1H3,(H,14,18)(H,15,19)(H,16,17). The first-order valence-corrected chi connectivity index (χ1v) is 6.18. The number of hydrogen-bond donors (Lipinski definition) is 3. The monoisotopic (exact) mass is 266 g/mol. The summed E-state index contributed by atoms with van der Waals surface area (Å²) >= 11 is 0. The van der Waals surface area contributed by atoms with Crippen LogP contribution in [0.25, 0.3) is 0 Å². The van der Waals surface area contributed by atoms with Crippen molar-refractivity contribution < 1.29 is 14.7 Å². The summed E-state index contributed by atoms with van der Waals surface area (Å²) < 4.78 is 0. The first kappa shape index (κ1) is 14.9. The van der Waals surface area contributed by atoms with Crippen LogP contribution < -0.4 is 10.9 Å². The van der Waals surface area contributed by atoms with Gasteiger partial charge < -0.3 is 15.4 Å². The second-order valence-corrected chi connectivity index (χ2v) is 4.50. The molecule has 0 aromatic carbocycles.